The fourth-order valence-corrected chi connectivity index (χ4v) is 8.01. The predicted molar refractivity (Wildman–Crippen MR) is 100 cm³/mol. The van der Waals surface area contributed by atoms with Gasteiger partial charge in [-0.3, -0.25) is 4.79 Å². The van der Waals surface area contributed by atoms with E-state index in [-0.39, 0.29) is 9.99 Å². The lowest BCUT2D eigenvalue weighted by atomic mass is 9.78. The molecule has 0 aromatic heterocycles. The number of hydrogen-bond acceptors (Lipinski definition) is 3. The van der Waals surface area contributed by atoms with Crippen molar-refractivity contribution in [3.63, 3.8) is 0 Å². The van der Waals surface area contributed by atoms with Crippen molar-refractivity contribution in [2.75, 3.05) is 11.5 Å². The molecule has 1 saturated heterocycles. The first-order valence-electron chi connectivity index (χ1n) is 8.52. The second-order valence-electron chi connectivity index (χ2n) is 6.71. The van der Waals surface area contributed by atoms with Crippen LogP contribution in [0.15, 0.2) is 47.7 Å². The maximum Gasteiger partial charge on any atom is 0.254 e. The summed E-state index contributed by atoms with van der Waals surface area (Å²) in [6.07, 6.45) is 13.2. The Balaban J connectivity index is 1.84. The number of amides is 1. The molecule has 2 fully saturated rings. The fourth-order valence-electron chi connectivity index (χ4n) is 4.51. The highest BCUT2D eigenvalue weighted by molar-refractivity contribution is 8.21. The molecule has 122 valence electrons. The molecular weight excluding hydrogens is 322 g/mol. The molecule has 0 aromatic rings. The molecule has 4 aliphatic rings. The standard InChI is InChI=1S/C19H23NOS2/c1-3-4-7-14-13(2)18(21)20-16-9-6-5-8-15(16)19(12-17(14)20)22-10-11-23-19/h3-4,7,12,15-16H,1,5-6,8-11H2,2H3/b7-4-/t15-,16-/m1/s1. The Hall–Kier alpha value is -0.870. The van der Waals surface area contributed by atoms with Gasteiger partial charge in [-0.15, -0.1) is 23.5 Å². The summed E-state index contributed by atoms with van der Waals surface area (Å²) in [6, 6.07) is 0.388. The third-order valence-electron chi connectivity index (χ3n) is 5.53. The molecule has 2 atom stereocenters. The number of carbonyl (C=O) groups excluding carboxylic acids is 1. The van der Waals surface area contributed by atoms with E-state index in [0.717, 1.165) is 23.3 Å². The van der Waals surface area contributed by atoms with Gasteiger partial charge in [-0.2, -0.15) is 0 Å². The van der Waals surface area contributed by atoms with E-state index in [1.54, 1.807) is 6.08 Å². The van der Waals surface area contributed by atoms with Crippen molar-refractivity contribution in [2.45, 2.75) is 42.7 Å². The topological polar surface area (TPSA) is 20.3 Å². The first-order chi connectivity index (χ1) is 11.2. The highest BCUT2D eigenvalue weighted by Gasteiger charge is 2.54. The highest BCUT2D eigenvalue weighted by Crippen LogP contribution is 2.59. The van der Waals surface area contributed by atoms with Crippen LogP contribution in [0.3, 0.4) is 0 Å². The Morgan fingerprint density at radius 2 is 2.04 bits per heavy atom. The molecular formula is C19H23NOS2. The first kappa shape index (κ1) is 15.6. The third-order valence-corrected chi connectivity index (χ3v) is 9.06. The zero-order valence-electron chi connectivity index (χ0n) is 13.6. The van der Waals surface area contributed by atoms with Crippen LogP contribution in [-0.2, 0) is 4.79 Å². The van der Waals surface area contributed by atoms with Gasteiger partial charge in [0, 0.05) is 34.6 Å². The average molecular weight is 346 g/mol. The van der Waals surface area contributed by atoms with E-state index in [1.807, 2.05) is 13.0 Å². The quantitative estimate of drug-likeness (QED) is 0.686. The fraction of sp³-hybridized carbons (Fsp3) is 0.526. The number of hydrogen-bond donors (Lipinski definition) is 0. The number of carbonyl (C=O) groups is 1. The van der Waals surface area contributed by atoms with Gasteiger partial charge in [-0.1, -0.05) is 37.6 Å². The van der Waals surface area contributed by atoms with Crippen molar-refractivity contribution in [1.82, 2.24) is 4.90 Å². The molecule has 0 unspecified atom stereocenters. The van der Waals surface area contributed by atoms with Gasteiger partial charge in [0.25, 0.3) is 5.91 Å². The van der Waals surface area contributed by atoms with E-state index < -0.39 is 0 Å². The van der Waals surface area contributed by atoms with E-state index >= 15 is 0 Å². The summed E-state index contributed by atoms with van der Waals surface area (Å²) in [7, 11) is 0. The van der Waals surface area contributed by atoms with Crippen LogP contribution in [0.2, 0.25) is 0 Å². The Kier molecular flexibility index (Phi) is 4.01. The van der Waals surface area contributed by atoms with Gasteiger partial charge < -0.3 is 4.90 Å². The van der Waals surface area contributed by atoms with E-state index in [1.165, 1.54) is 30.8 Å². The van der Waals surface area contributed by atoms with Crippen molar-refractivity contribution < 1.29 is 4.79 Å². The molecule has 0 bridgehead atoms. The number of fused-ring (bicyclic) bond motifs is 4. The lowest BCUT2D eigenvalue weighted by Gasteiger charge is -2.49. The lowest BCUT2D eigenvalue weighted by molar-refractivity contribution is -0.128. The summed E-state index contributed by atoms with van der Waals surface area (Å²) in [5.74, 6) is 3.29. The van der Waals surface area contributed by atoms with Gasteiger partial charge in [0.05, 0.1) is 9.78 Å². The van der Waals surface area contributed by atoms with Gasteiger partial charge in [0.2, 0.25) is 0 Å². The van der Waals surface area contributed by atoms with Gasteiger partial charge in [0.15, 0.2) is 0 Å². The van der Waals surface area contributed by atoms with E-state index in [9.17, 15) is 4.79 Å². The van der Waals surface area contributed by atoms with Crippen LogP contribution in [-0.4, -0.2) is 32.4 Å². The molecule has 3 aliphatic heterocycles. The molecule has 4 heteroatoms. The molecule has 1 saturated carbocycles. The van der Waals surface area contributed by atoms with Gasteiger partial charge >= 0.3 is 0 Å². The molecule has 1 amide bonds. The SMILES string of the molecule is C=C/C=C\C1=C(C)C(=O)N2C1=CC1(SCCS1)[C@@H]1CCCC[C@H]12. The minimum Gasteiger partial charge on any atom is -0.305 e. The second-order valence-corrected chi connectivity index (χ2v) is 9.72. The van der Waals surface area contributed by atoms with Crippen molar-refractivity contribution in [3.05, 3.63) is 47.7 Å². The lowest BCUT2D eigenvalue weighted by Crippen LogP contribution is -2.53. The minimum atomic E-state index is 0.190. The summed E-state index contributed by atoms with van der Waals surface area (Å²) in [5.41, 5.74) is 3.16. The molecule has 23 heavy (non-hydrogen) atoms. The van der Waals surface area contributed by atoms with Crippen LogP contribution < -0.4 is 0 Å². The molecule has 1 aliphatic carbocycles. The van der Waals surface area contributed by atoms with Gasteiger partial charge in [0.1, 0.15) is 0 Å². The summed E-state index contributed by atoms with van der Waals surface area (Å²) < 4.78 is 0.190. The molecule has 0 N–H and O–H groups in total. The normalized spacial score (nSPS) is 32.5. The molecule has 0 aromatic carbocycles. The molecule has 0 radical (unpaired) electrons. The highest BCUT2D eigenvalue weighted by atomic mass is 32.2. The number of allylic oxidation sites excluding steroid dienone is 3. The van der Waals surface area contributed by atoms with Crippen LogP contribution >= 0.6 is 23.5 Å². The Bertz CT molecular complexity index is 640. The van der Waals surface area contributed by atoms with Crippen LogP contribution in [0.1, 0.15) is 32.6 Å². The van der Waals surface area contributed by atoms with Crippen LogP contribution in [0, 0.1) is 5.92 Å². The monoisotopic (exact) mass is 345 g/mol. The average Bonchev–Trinajstić information content (AvgIpc) is 3.12. The van der Waals surface area contributed by atoms with Crippen LogP contribution in [0.4, 0.5) is 0 Å². The first-order valence-corrected chi connectivity index (χ1v) is 10.5. The zero-order chi connectivity index (χ0) is 16.0. The van der Waals surface area contributed by atoms with Crippen LogP contribution in [0.25, 0.3) is 0 Å². The summed E-state index contributed by atoms with van der Waals surface area (Å²) in [4.78, 5) is 15.1. The van der Waals surface area contributed by atoms with Crippen LogP contribution in [0.5, 0.6) is 0 Å². The molecule has 1 spiro atoms. The maximum atomic E-state index is 12.9. The number of nitrogens with zero attached hydrogens (tertiary/aromatic N) is 1. The predicted octanol–water partition coefficient (Wildman–Crippen LogP) is 4.52. The number of rotatable bonds is 2. The summed E-state index contributed by atoms with van der Waals surface area (Å²) in [6.45, 7) is 5.75. The van der Waals surface area contributed by atoms with E-state index in [2.05, 4.69) is 47.2 Å². The van der Waals surface area contributed by atoms with E-state index in [4.69, 9.17) is 0 Å². The van der Waals surface area contributed by atoms with Crippen molar-refractivity contribution in [3.8, 4) is 0 Å². The third kappa shape index (κ3) is 2.29. The summed E-state index contributed by atoms with van der Waals surface area (Å²) >= 11 is 4.22. The summed E-state index contributed by atoms with van der Waals surface area (Å²) in [5, 5.41) is 0. The van der Waals surface area contributed by atoms with Gasteiger partial charge in [-0.05, 0) is 25.8 Å². The largest absolute Gasteiger partial charge is 0.305 e. The van der Waals surface area contributed by atoms with E-state index in [0.29, 0.717) is 12.0 Å². The maximum absolute atomic E-state index is 12.9. The zero-order valence-corrected chi connectivity index (χ0v) is 15.2. The second kappa shape index (κ2) is 5.89. The molecule has 4 rings (SSSR count). The van der Waals surface area contributed by atoms with Crippen molar-refractivity contribution in [2.24, 2.45) is 5.92 Å². The Morgan fingerprint density at radius 1 is 1.30 bits per heavy atom. The smallest absolute Gasteiger partial charge is 0.254 e. The Labute approximate surface area is 147 Å². The Morgan fingerprint density at radius 3 is 2.78 bits per heavy atom. The molecule has 2 nitrogen and oxygen atoms in total. The van der Waals surface area contributed by atoms with Crippen molar-refractivity contribution in [1.29, 1.82) is 0 Å². The number of thioether (sulfide) groups is 2. The van der Waals surface area contributed by atoms with Gasteiger partial charge in [-0.25, -0.2) is 0 Å². The molecule has 3 heterocycles. The van der Waals surface area contributed by atoms with Crippen molar-refractivity contribution >= 4 is 29.4 Å². The minimum absolute atomic E-state index is 0.190.